The summed E-state index contributed by atoms with van der Waals surface area (Å²) in [6.07, 6.45) is 11.9. The largest absolute Gasteiger partial charge is 0.457 e. The molecular weight excluding hydrogens is 589 g/mol. The summed E-state index contributed by atoms with van der Waals surface area (Å²) in [5.74, 6) is 3.66. The molecule has 5 nitrogen and oxygen atoms in total. The lowest BCUT2D eigenvalue weighted by Crippen LogP contribution is -2.20. The van der Waals surface area contributed by atoms with Gasteiger partial charge in [-0.25, -0.2) is 9.67 Å². The Bertz CT molecular complexity index is 2130. The Morgan fingerprint density at radius 3 is 2.38 bits per heavy atom. The number of hydrogen-bond donors (Lipinski definition) is 0. The molecule has 3 aromatic carbocycles. The highest BCUT2D eigenvalue weighted by Gasteiger charge is 2.33. The molecule has 0 amide bonds. The number of hydrogen-bond acceptors (Lipinski definition) is 3. The molecule has 0 bridgehead atoms. The van der Waals surface area contributed by atoms with Crippen molar-refractivity contribution >= 4 is 21.8 Å². The first-order valence-electron chi connectivity index (χ1n) is 18.1. The number of para-hydroxylation sites is 1. The lowest BCUT2D eigenvalue weighted by molar-refractivity contribution is 0.392. The Kier molecular flexibility index (Phi) is 8.96. The fourth-order valence-electron chi connectivity index (χ4n) is 8.06. The van der Waals surface area contributed by atoms with Gasteiger partial charge in [-0.05, 0) is 105 Å². The minimum Gasteiger partial charge on any atom is -0.457 e. The van der Waals surface area contributed by atoms with Crippen molar-refractivity contribution in [1.29, 1.82) is 0 Å². The molecule has 6 aromatic rings. The normalized spacial score (nSPS) is 16.5. The van der Waals surface area contributed by atoms with Crippen molar-refractivity contribution in [3.05, 3.63) is 119 Å². The van der Waals surface area contributed by atoms with E-state index in [1.807, 2.05) is 12.3 Å². The van der Waals surface area contributed by atoms with Gasteiger partial charge in [0, 0.05) is 46.3 Å². The van der Waals surface area contributed by atoms with Crippen LogP contribution in [0.2, 0.25) is 0 Å². The number of nitrogens with zero attached hydrogens (tertiary/aromatic N) is 4. The Labute approximate surface area is 285 Å². The lowest BCUT2D eigenvalue weighted by atomic mass is 9.71. The Balaban J connectivity index is 1.33. The minimum atomic E-state index is 0.457. The second-order valence-electron chi connectivity index (χ2n) is 13.3. The summed E-state index contributed by atoms with van der Waals surface area (Å²) in [6.45, 7) is 13.5. The Hall–Kier alpha value is -4.64. The number of rotatable bonds is 10. The molecule has 0 radical (unpaired) electrons. The van der Waals surface area contributed by atoms with E-state index in [0.717, 1.165) is 59.7 Å². The first kappa shape index (κ1) is 31.9. The summed E-state index contributed by atoms with van der Waals surface area (Å²) in [5, 5.41) is 7.73. The highest BCUT2D eigenvalue weighted by Crippen LogP contribution is 2.45. The van der Waals surface area contributed by atoms with Gasteiger partial charge in [0.05, 0.1) is 22.4 Å². The predicted octanol–water partition coefficient (Wildman–Crippen LogP) is 11.4. The van der Waals surface area contributed by atoms with Crippen molar-refractivity contribution in [1.82, 2.24) is 19.3 Å². The number of fused-ring (bicyclic) bond motifs is 3. The summed E-state index contributed by atoms with van der Waals surface area (Å²) in [6, 6.07) is 25.8. The number of aromatic nitrogens is 4. The van der Waals surface area contributed by atoms with Crippen LogP contribution in [0.1, 0.15) is 94.3 Å². The summed E-state index contributed by atoms with van der Waals surface area (Å²) < 4.78 is 11.2. The molecule has 7 rings (SSSR count). The van der Waals surface area contributed by atoms with Crippen LogP contribution in [0, 0.1) is 12.8 Å². The molecule has 0 saturated heterocycles. The number of pyridine rings is 1. The minimum absolute atomic E-state index is 0.457. The molecule has 0 spiro atoms. The lowest BCUT2D eigenvalue weighted by Gasteiger charge is -2.33. The van der Waals surface area contributed by atoms with Crippen LogP contribution >= 0.6 is 0 Å². The Morgan fingerprint density at radius 2 is 1.62 bits per heavy atom. The zero-order chi connectivity index (χ0) is 33.4. The first-order valence-corrected chi connectivity index (χ1v) is 18.1. The second kappa shape index (κ2) is 13.5. The van der Waals surface area contributed by atoms with Crippen LogP contribution in [0.25, 0.3) is 33.3 Å². The molecule has 3 aromatic heterocycles. The van der Waals surface area contributed by atoms with Crippen molar-refractivity contribution < 1.29 is 4.74 Å². The first-order chi connectivity index (χ1) is 23.5. The zero-order valence-corrected chi connectivity index (χ0v) is 29.4. The summed E-state index contributed by atoms with van der Waals surface area (Å²) in [4.78, 5) is 4.76. The van der Waals surface area contributed by atoms with Crippen molar-refractivity contribution in [2.75, 3.05) is 0 Å². The molecule has 2 atom stereocenters. The van der Waals surface area contributed by atoms with Crippen LogP contribution < -0.4 is 4.74 Å². The topological polar surface area (TPSA) is 44.9 Å². The molecule has 3 heterocycles. The van der Waals surface area contributed by atoms with Gasteiger partial charge in [-0.1, -0.05) is 70.9 Å². The van der Waals surface area contributed by atoms with Gasteiger partial charge in [0.1, 0.15) is 17.3 Å². The predicted molar refractivity (Wildman–Crippen MR) is 199 cm³/mol. The van der Waals surface area contributed by atoms with Gasteiger partial charge >= 0.3 is 0 Å². The monoisotopic (exact) mass is 636 g/mol. The Morgan fingerprint density at radius 1 is 0.792 bits per heavy atom. The summed E-state index contributed by atoms with van der Waals surface area (Å²) in [7, 11) is 0. The maximum absolute atomic E-state index is 6.74. The SMILES string of the molecule is CCC1=CCC[C@H](CC)C1c1c(CC)nn(-c2cc(CC)cc(Oc3ccc4c5ccccc5n(-c5cc(C)ccn5)c4c3)c2)c1CC. The van der Waals surface area contributed by atoms with Crippen LogP contribution in [0.5, 0.6) is 11.5 Å². The van der Waals surface area contributed by atoms with Gasteiger partial charge in [-0.2, -0.15) is 5.10 Å². The average Bonchev–Trinajstić information content (AvgIpc) is 3.66. The van der Waals surface area contributed by atoms with Crippen molar-refractivity contribution in [2.24, 2.45) is 5.92 Å². The third-order valence-corrected chi connectivity index (χ3v) is 10.4. The zero-order valence-electron chi connectivity index (χ0n) is 29.4. The van der Waals surface area contributed by atoms with E-state index >= 15 is 0 Å². The van der Waals surface area contributed by atoms with E-state index in [4.69, 9.17) is 14.8 Å². The third kappa shape index (κ3) is 5.63. The van der Waals surface area contributed by atoms with Gasteiger partial charge in [0.25, 0.3) is 0 Å². The number of allylic oxidation sites excluding steroid dienone is 2. The van der Waals surface area contributed by atoms with Crippen LogP contribution in [0.4, 0.5) is 0 Å². The van der Waals surface area contributed by atoms with Crippen molar-refractivity contribution in [3.63, 3.8) is 0 Å². The third-order valence-electron chi connectivity index (χ3n) is 10.4. The maximum Gasteiger partial charge on any atom is 0.137 e. The molecule has 1 aliphatic carbocycles. The molecule has 0 saturated carbocycles. The van der Waals surface area contributed by atoms with E-state index in [9.17, 15) is 0 Å². The molecule has 0 fully saturated rings. The molecule has 5 heteroatoms. The number of aryl methyl sites for hydroxylation is 3. The van der Waals surface area contributed by atoms with Gasteiger partial charge in [0.2, 0.25) is 0 Å². The highest BCUT2D eigenvalue weighted by molar-refractivity contribution is 6.09. The van der Waals surface area contributed by atoms with Gasteiger partial charge in [-0.3, -0.25) is 4.57 Å². The van der Waals surface area contributed by atoms with Gasteiger partial charge in [-0.15, -0.1) is 0 Å². The number of ether oxygens (including phenoxy) is 1. The molecular formula is C43H48N4O. The van der Waals surface area contributed by atoms with E-state index in [2.05, 4.69) is 124 Å². The number of benzene rings is 3. The highest BCUT2D eigenvalue weighted by atomic mass is 16.5. The van der Waals surface area contributed by atoms with E-state index in [1.165, 1.54) is 58.1 Å². The van der Waals surface area contributed by atoms with Crippen LogP contribution in [0.3, 0.4) is 0 Å². The standard InChI is InChI=1S/C43H48N4O/c1-7-29-24-32(47-38(11-5)43(37(10-4)45-47)42-30(8-2)15-14-16-31(42)9-3)26-34(25-29)48-33-19-20-36-35-17-12-13-18-39(35)46(40(36)27-33)41-23-28(6)21-22-44-41/h12-13,15,17-27,31,42H,7-11,14,16H2,1-6H3/t31-,42?/m0/s1. The van der Waals surface area contributed by atoms with E-state index in [0.29, 0.717) is 11.8 Å². The molecule has 1 unspecified atom stereocenters. The second-order valence-corrected chi connectivity index (χ2v) is 13.3. The molecule has 48 heavy (non-hydrogen) atoms. The average molecular weight is 637 g/mol. The molecule has 0 N–H and O–H groups in total. The van der Waals surface area contributed by atoms with E-state index in [1.54, 1.807) is 5.57 Å². The van der Waals surface area contributed by atoms with Crippen molar-refractivity contribution in [2.45, 2.75) is 92.4 Å². The fourth-order valence-corrected chi connectivity index (χ4v) is 8.06. The maximum atomic E-state index is 6.74. The van der Waals surface area contributed by atoms with Crippen molar-refractivity contribution in [3.8, 4) is 23.0 Å². The van der Waals surface area contributed by atoms with Crippen LogP contribution in [0.15, 0.2) is 90.6 Å². The quantitative estimate of drug-likeness (QED) is 0.141. The van der Waals surface area contributed by atoms with Gasteiger partial charge in [0.15, 0.2) is 0 Å². The van der Waals surface area contributed by atoms with Crippen LogP contribution in [-0.4, -0.2) is 19.3 Å². The fraction of sp³-hybridized carbons (Fsp3) is 0.349. The summed E-state index contributed by atoms with van der Waals surface area (Å²) >= 11 is 0. The molecule has 1 aliphatic rings. The summed E-state index contributed by atoms with van der Waals surface area (Å²) in [5.41, 5.74) is 11.4. The molecule has 246 valence electrons. The van der Waals surface area contributed by atoms with Gasteiger partial charge < -0.3 is 4.74 Å². The van der Waals surface area contributed by atoms with E-state index in [-0.39, 0.29) is 0 Å². The molecule has 0 aliphatic heterocycles. The van der Waals surface area contributed by atoms with E-state index < -0.39 is 0 Å². The smallest absolute Gasteiger partial charge is 0.137 e. The van der Waals surface area contributed by atoms with Crippen LogP contribution in [-0.2, 0) is 19.3 Å².